The van der Waals surface area contributed by atoms with Crippen molar-refractivity contribution in [2.24, 2.45) is 0 Å². The summed E-state index contributed by atoms with van der Waals surface area (Å²) in [5.74, 6) is 0. The van der Waals surface area contributed by atoms with Crippen LogP contribution in [0.5, 0.6) is 0 Å². The van der Waals surface area contributed by atoms with Crippen LogP contribution in [0.1, 0.15) is 0 Å². The fraction of sp³-hybridized carbons (Fsp3) is 0.700. The zero-order chi connectivity index (χ0) is 12.8. The van der Waals surface area contributed by atoms with E-state index >= 15 is 0 Å². The van der Waals surface area contributed by atoms with Crippen molar-refractivity contribution in [3.63, 3.8) is 0 Å². The van der Waals surface area contributed by atoms with Crippen LogP contribution in [0.25, 0.3) is 0 Å². The average Bonchev–Trinajstić information content (AvgIpc) is 2.34. The van der Waals surface area contributed by atoms with E-state index < -0.39 is 37.3 Å². The van der Waals surface area contributed by atoms with Gasteiger partial charge in [-0.1, -0.05) is 0 Å². The Morgan fingerprint density at radius 1 is 1.24 bits per heavy atom. The van der Waals surface area contributed by atoms with Crippen molar-refractivity contribution in [1.29, 1.82) is 5.26 Å². The molecule has 0 aliphatic carbocycles. The van der Waals surface area contributed by atoms with E-state index in [0.29, 0.717) is 0 Å². The van der Waals surface area contributed by atoms with Gasteiger partial charge in [0.05, 0.1) is 19.3 Å². The van der Waals surface area contributed by atoms with Crippen molar-refractivity contribution in [2.45, 2.75) is 30.7 Å². The van der Waals surface area contributed by atoms with Crippen molar-refractivity contribution in [3.8, 4) is 6.07 Å². The second-order valence-corrected chi connectivity index (χ2v) is 3.56. The second kappa shape index (κ2) is 6.66. The van der Waals surface area contributed by atoms with Gasteiger partial charge in [-0.15, -0.1) is 0 Å². The number of nitriles is 1. The van der Waals surface area contributed by atoms with E-state index in [9.17, 15) is 15.3 Å². The molecule has 1 rings (SSSR count). The van der Waals surface area contributed by atoms with E-state index in [4.69, 9.17) is 19.8 Å². The van der Waals surface area contributed by atoms with Crippen LogP contribution < -0.4 is 0 Å². The van der Waals surface area contributed by atoms with E-state index in [1.54, 1.807) is 6.07 Å². The Kier molecular flexibility index (Phi) is 5.50. The zero-order valence-corrected chi connectivity index (χ0v) is 9.01. The largest absolute Gasteiger partial charge is 0.394 e. The minimum Gasteiger partial charge on any atom is -0.394 e. The smallest absolute Gasteiger partial charge is 0.187 e. The predicted molar refractivity (Wildman–Crippen MR) is 54.5 cm³/mol. The normalized spacial score (nSPS) is 38.2. The monoisotopic (exact) mass is 245 g/mol. The third-order valence-corrected chi connectivity index (χ3v) is 2.40. The molecule has 1 heterocycles. The van der Waals surface area contributed by atoms with Gasteiger partial charge in [0.25, 0.3) is 0 Å². The summed E-state index contributed by atoms with van der Waals surface area (Å²) < 4.78 is 10.1. The Morgan fingerprint density at radius 3 is 2.53 bits per heavy atom. The van der Waals surface area contributed by atoms with E-state index in [1.165, 1.54) is 12.2 Å². The molecule has 0 aromatic rings. The molecular formula is C10H15NO6. The molecule has 7 nitrogen and oxygen atoms in total. The fourth-order valence-corrected chi connectivity index (χ4v) is 1.46. The van der Waals surface area contributed by atoms with Crippen molar-refractivity contribution < 1.29 is 29.9 Å². The molecule has 0 bridgehead atoms. The maximum absolute atomic E-state index is 9.55. The molecule has 1 aliphatic heterocycles. The number of aliphatic hydroxyl groups excluding tert-OH is 4. The number of allylic oxidation sites excluding steroid dienone is 1. The van der Waals surface area contributed by atoms with Crippen LogP contribution in [0.3, 0.4) is 0 Å². The van der Waals surface area contributed by atoms with Crippen molar-refractivity contribution in [2.75, 3.05) is 13.2 Å². The van der Waals surface area contributed by atoms with Crippen LogP contribution in [-0.2, 0) is 9.47 Å². The summed E-state index contributed by atoms with van der Waals surface area (Å²) in [6, 6.07) is 1.76. The van der Waals surface area contributed by atoms with Crippen LogP contribution in [0.2, 0.25) is 0 Å². The highest BCUT2D eigenvalue weighted by molar-refractivity contribution is 5.01. The van der Waals surface area contributed by atoms with Crippen LogP contribution in [-0.4, -0.2) is 64.3 Å². The van der Waals surface area contributed by atoms with Crippen LogP contribution in [0.4, 0.5) is 0 Å². The maximum Gasteiger partial charge on any atom is 0.187 e. The van der Waals surface area contributed by atoms with Crippen molar-refractivity contribution in [3.05, 3.63) is 12.2 Å². The lowest BCUT2D eigenvalue weighted by atomic mass is 9.99. The molecule has 1 aliphatic rings. The number of hydrogen-bond acceptors (Lipinski definition) is 7. The summed E-state index contributed by atoms with van der Waals surface area (Å²) in [4.78, 5) is 0. The summed E-state index contributed by atoms with van der Waals surface area (Å²) >= 11 is 0. The highest BCUT2D eigenvalue weighted by Gasteiger charge is 2.43. The van der Waals surface area contributed by atoms with Gasteiger partial charge in [-0.2, -0.15) is 5.26 Å². The molecule has 0 saturated carbocycles. The molecule has 0 radical (unpaired) electrons. The average molecular weight is 245 g/mol. The number of nitrogens with zero attached hydrogens (tertiary/aromatic N) is 1. The van der Waals surface area contributed by atoms with Crippen LogP contribution in [0.15, 0.2) is 12.2 Å². The summed E-state index contributed by atoms with van der Waals surface area (Å²) in [5.41, 5.74) is 0. The highest BCUT2D eigenvalue weighted by Crippen LogP contribution is 2.21. The van der Waals surface area contributed by atoms with E-state index in [2.05, 4.69) is 0 Å². The third kappa shape index (κ3) is 3.47. The summed E-state index contributed by atoms with van der Waals surface area (Å²) in [6.07, 6.45) is -3.81. The van der Waals surface area contributed by atoms with Crippen molar-refractivity contribution in [1.82, 2.24) is 0 Å². The number of hydrogen-bond donors (Lipinski definition) is 4. The molecule has 1 saturated heterocycles. The molecule has 96 valence electrons. The first-order chi connectivity index (χ1) is 8.11. The Labute approximate surface area is 98.1 Å². The van der Waals surface area contributed by atoms with E-state index in [1.807, 2.05) is 0 Å². The topological polar surface area (TPSA) is 123 Å². The molecular weight excluding hydrogens is 230 g/mol. The molecule has 17 heavy (non-hydrogen) atoms. The zero-order valence-electron chi connectivity index (χ0n) is 9.01. The van der Waals surface area contributed by atoms with Gasteiger partial charge in [-0.05, 0) is 6.08 Å². The van der Waals surface area contributed by atoms with Gasteiger partial charge in [0.15, 0.2) is 6.29 Å². The van der Waals surface area contributed by atoms with E-state index in [0.717, 1.165) is 0 Å². The molecule has 5 atom stereocenters. The quantitative estimate of drug-likeness (QED) is 0.418. The fourth-order valence-electron chi connectivity index (χ4n) is 1.46. The minimum atomic E-state index is -1.45. The van der Waals surface area contributed by atoms with Gasteiger partial charge in [-0.3, -0.25) is 0 Å². The van der Waals surface area contributed by atoms with Gasteiger partial charge < -0.3 is 29.9 Å². The number of aliphatic hydroxyl groups is 4. The van der Waals surface area contributed by atoms with Gasteiger partial charge in [0.2, 0.25) is 0 Å². The molecule has 0 aromatic carbocycles. The maximum atomic E-state index is 9.55. The molecule has 1 fully saturated rings. The van der Waals surface area contributed by atoms with Gasteiger partial charge in [-0.25, -0.2) is 0 Å². The van der Waals surface area contributed by atoms with Gasteiger partial charge in [0.1, 0.15) is 24.4 Å². The lowest BCUT2D eigenvalue weighted by Crippen LogP contribution is -2.59. The second-order valence-electron chi connectivity index (χ2n) is 3.56. The third-order valence-electron chi connectivity index (χ3n) is 2.40. The van der Waals surface area contributed by atoms with Crippen LogP contribution in [0, 0.1) is 11.3 Å². The predicted octanol–water partition coefficient (Wildman–Crippen LogP) is -2.12. The molecule has 0 unspecified atom stereocenters. The van der Waals surface area contributed by atoms with Crippen molar-refractivity contribution >= 4 is 0 Å². The van der Waals surface area contributed by atoms with Crippen LogP contribution >= 0.6 is 0 Å². The lowest BCUT2D eigenvalue weighted by Gasteiger charge is -2.39. The van der Waals surface area contributed by atoms with E-state index in [-0.39, 0.29) is 6.61 Å². The SMILES string of the molecule is N#C/C=C/CO[C@@H]1O[C@H](CO)[C@@H](O)[C@H](O)[C@H]1O. The molecule has 0 aromatic heterocycles. The number of rotatable bonds is 4. The Hall–Kier alpha value is -1.01. The molecule has 0 amide bonds. The van der Waals surface area contributed by atoms with Gasteiger partial charge >= 0.3 is 0 Å². The Morgan fingerprint density at radius 2 is 1.94 bits per heavy atom. The summed E-state index contributed by atoms with van der Waals surface area (Å²) in [5, 5.41) is 45.6. The molecule has 0 spiro atoms. The standard InChI is InChI=1S/C10H15NO6/c11-3-1-2-4-16-10-9(15)8(14)7(13)6(5-12)17-10/h1-2,6-10,12-15H,4-5H2/b2-1+/t6-,7-,8+,9-,10-/m1/s1. The Bertz CT molecular complexity index is 300. The lowest BCUT2D eigenvalue weighted by molar-refractivity contribution is -0.298. The van der Waals surface area contributed by atoms with Gasteiger partial charge in [0, 0.05) is 6.08 Å². The molecule has 4 N–H and O–H groups in total. The molecule has 7 heteroatoms. The number of ether oxygens (including phenoxy) is 2. The summed E-state index contributed by atoms with van der Waals surface area (Å²) in [7, 11) is 0. The minimum absolute atomic E-state index is 0.0102. The first-order valence-electron chi connectivity index (χ1n) is 5.08. The Balaban J connectivity index is 2.54. The highest BCUT2D eigenvalue weighted by atomic mass is 16.7. The first kappa shape index (κ1) is 14.1. The summed E-state index contributed by atoms with van der Waals surface area (Å²) in [6.45, 7) is -0.491. The first-order valence-corrected chi connectivity index (χ1v) is 5.08.